The maximum atomic E-state index is 11.0. The number of hydrogen-bond acceptors (Lipinski definition) is 2. The Morgan fingerprint density at radius 1 is 1.44 bits per heavy atom. The largest absolute Gasteiger partial charge is 0.478 e. The maximum Gasteiger partial charge on any atom is 0.335 e. The minimum atomic E-state index is -0.871. The Kier molecular flexibility index (Phi) is 3.66. The van der Waals surface area contributed by atoms with E-state index in [1.165, 1.54) is 5.56 Å². The van der Waals surface area contributed by atoms with Crippen LogP contribution in [0.1, 0.15) is 35.8 Å². The zero-order valence-corrected chi connectivity index (χ0v) is 11.6. The molecule has 2 aromatic rings. The highest BCUT2D eigenvalue weighted by Gasteiger charge is 2.12. The van der Waals surface area contributed by atoms with E-state index in [1.807, 2.05) is 6.07 Å². The minimum absolute atomic E-state index is 0.353. The Morgan fingerprint density at radius 3 is 2.72 bits per heavy atom. The van der Waals surface area contributed by atoms with Crippen molar-refractivity contribution in [3.8, 4) is 0 Å². The molecule has 1 N–H and O–H groups in total. The summed E-state index contributed by atoms with van der Waals surface area (Å²) in [4.78, 5) is 11.0. The van der Waals surface area contributed by atoms with Crippen molar-refractivity contribution in [1.29, 1.82) is 0 Å². The predicted molar refractivity (Wildman–Crippen MR) is 76.5 cm³/mol. The van der Waals surface area contributed by atoms with Gasteiger partial charge >= 0.3 is 5.97 Å². The number of rotatable bonds is 4. The second-order valence-electron chi connectivity index (χ2n) is 4.63. The van der Waals surface area contributed by atoms with Gasteiger partial charge in [-0.25, -0.2) is 4.79 Å². The standard InChI is InChI=1S/C14H17NO2S/c1-9(2)15-7-11(8-18-3)12-6-10(14(16)17)4-5-13(12)15/h4-7,9H,8H2,1-3H3,(H,16,17). The van der Waals surface area contributed by atoms with Crippen LogP contribution in [0.4, 0.5) is 0 Å². The van der Waals surface area contributed by atoms with E-state index >= 15 is 0 Å². The lowest BCUT2D eigenvalue weighted by Crippen LogP contribution is -1.99. The van der Waals surface area contributed by atoms with Gasteiger partial charge in [0.05, 0.1) is 5.56 Å². The minimum Gasteiger partial charge on any atom is -0.478 e. The van der Waals surface area contributed by atoms with Crippen molar-refractivity contribution in [2.75, 3.05) is 6.26 Å². The van der Waals surface area contributed by atoms with E-state index in [1.54, 1.807) is 23.9 Å². The van der Waals surface area contributed by atoms with Crippen LogP contribution >= 0.6 is 11.8 Å². The Morgan fingerprint density at radius 2 is 2.17 bits per heavy atom. The first-order chi connectivity index (χ1) is 8.54. The first kappa shape index (κ1) is 13.0. The molecule has 0 saturated heterocycles. The summed E-state index contributed by atoms with van der Waals surface area (Å²) in [6.07, 6.45) is 4.19. The summed E-state index contributed by atoms with van der Waals surface area (Å²) >= 11 is 1.75. The third kappa shape index (κ3) is 2.25. The first-order valence-electron chi connectivity index (χ1n) is 5.90. The summed E-state index contributed by atoms with van der Waals surface area (Å²) in [7, 11) is 0. The van der Waals surface area contributed by atoms with Gasteiger partial charge in [-0.2, -0.15) is 11.8 Å². The van der Waals surface area contributed by atoms with Gasteiger partial charge in [0.25, 0.3) is 0 Å². The molecule has 18 heavy (non-hydrogen) atoms. The smallest absolute Gasteiger partial charge is 0.335 e. The molecule has 0 spiro atoms. The molecule has 0 saturated carbocycles. The number of carboxylic acid groups (broad SMARTS) is 1. The van der Waals surface area contributed by atoms with Gasteiger partial charge in [0.1, 0.15) is 0 Å². The summed E-state index contributed by atoms with van der Waals surface area (Å²) in [6, 6.07) is 5.73. The van der Waals surface area contributed by atoms with E-state index in [0.29, 0.717) is 11.6 Å². The van der Waals surface area contributed by atoms with Crippen molar-refractivity contribution < 1.29 is 9.90 Å². The van der Waals surface area contributed by atoms with Crippen molar-refractivity contribution in [1.82, 2.24) is 4.57 Å². The summed E-state index contributed by atoms with van der Waals surface area (Å²) < 4.78 is 2.20. The van der Waals surface area contributed by atoms with Crippen LogP contribution in [-0.2, 0) is 5.75 Å². The normalized spacial score (nSPS) is 11.3. The number of carboxylic acids is 1. The van der Waals surface area contributed by atoms with Gasteiger partial charge in [-0.15, -0.1) is 0 Å². The molecule has 0 aliphatic carbocycles. The number of aromatic nitrogens is 1. The molecule has 2 rings (SSSR count). The third-order valence-electron chi connectivity index (χ3n) is 3.02. The molecular weight excluding hydrogens is 246 g/mol. The van der Waals surface area contributed by atoms with E-state index in [-0.39, 0.29) is 0 Å². The monoisotopic (exact) mass is 263 g/mol. The van der Waals surface area contributed by atoms with Gasteiger partial charge in [0.15, 0.2) is 0 Å². The molecule has 0 aliphatic heterocycles. The highest BCUT2D eigenvalue weighted by molar-refractivity contribution is 7.97. The Labute approximate surface area is 111 Å². The van der Waals surface area contributed by atoms with E-state index in [0.717, 1.165) is 16.7 Å². The van der Waals surface area contributed by atoms with Crippen LogP contribution in [0, 0.1) is 0 Å². The first-order valence-corrected chi connectivity index (χ1v) is 7.29. The summed E-state index contributed by atoms with van der Waals surface area (Å²) in [5.41, 5.74) is 2.67. The van der Waals surface area contributed by atoms with Crippen LogP contribution in [0.3, 0.4) is 0 Å². The number of nitrogens with zero attached hydrogens (tertiary/aromatic N) is 1. The molecule has 4 heteroatoms. The van der Waals surface area contributed by atoms with E-state index in [2.05, 4.69) is 30.9 Å². The molecule has 0 fully saturated rings. The second-order valence-corrected chi connectivity index (χ2v) is 5.49. The van der Waals surface area contributed by atoms with Crippen LogP contribution in [0.15, 0.2) is 24.4 Å². The third-order valence-corrected chi connectivity index (χ3v) is 3.62. The Balaban J connectivity index is 2.67. The number of thioether (sulfide) groups is 1. The number of hydrogen-bond donors (Lipinski definition) is 1. The summed E-state index contributed by atoms with van der Waals surface area (Å²) in [5.74, 6) is 0.0311. The lowest BCUT2D eigenvalue weighted by atomic mass is 10.1. The fourth-order valence-electron chi connectivity index (χ4n) is 2.16. The average molecular weight is 263 g/mol. The molecule has 0 amide bonds. The van der Waals surface area contributed by atoms with Gasteiger partial charge in [0, 0.05) is 28.9 Å². The van der Waals surface area contributed by atoms with E-state index in [4.69, 9.17) is 5.11 Å². The Bertz CT molecular complexity index is 587. The molecule has 0 unspecified atom stereocenters. The molecule has 0 aliphatic rings. The maximum absolute atomic E-state index is 11.0. The summed E-state index contributed by atoms with van der Waals surface area (Å²) in [6.45, 7) is 4.26. The lowest BCUT2D eigenvalue weighted by molar-refractivity contribution is 0.0697. The predicted octanol–water partition coefficient (Wildman–Crippen LogP) is 3.78. The molecule has 1 aromatic heterocycles. The fraction of sp³-hybridized carbons (Fsp3) is 0.357. The zero-order chi connectivity index (χ0) is 13.3. The van der Waals surface area contributed by atoms with Gasteiger partial charge in [-0.1, -0.05) is 0 Å². The Hall–Kier alpha value is -1.42. The van der Waals surface area contributed by atoms with Crippen molar-refractivity contribution >= 4 is 28.6 Å². The number of benzene rings is 1. The molecular formula is C14H17NO2S. The van der Waals surface area contributed by atoms with Gasteiger partial charge in [-0.05, 0) is 43.9 Å². The molecule has 0 atom stereocenters. The van der Waals surface area contributed by atoms with Crippen LogP contribution in [0.5, 0.6) is 0 Å². The molecule has 0 radical (unpaired) electrons. The fourth-order valence-corrected chi connectivity index (χ4v) is 2.70. The van der Waals surface area contributed by atoms with Crippen molar-refractivity contribution in [2.45, 2.75) is 25.6 Å². The number of aromatic carboxylic acids is 1. The molecule has 0 bridgehead atoms. The highest BCUT2D eigenvalue weighted by Crippen LogP contribution is 2.28. The van der Waals surface area contributed by atoms with Crippen molar-refractivity contribution in [2.24, 2.45) is 0 Å². The number of fused-ring (bicyclic) bond motifs is 1. The van der Waals surface area contributed by atoms with Gasteiger partial charge < -0.3 is 9.67 Å². The topological polar surface area (TPSA) is 42.2 Å². The van der Waals surface area contributed by atoms with Crippen molar-refractivity contribution in [3.05, 3.63) is 35.5 Å². The highest BCUT2D eigenvalue weighted by atomic mass is 32.2. The molecule has 96 valence electrons. The van der Waals surface area contributed by atoms with Gasteiger partial charge in [0.2, 0.25) is 0 Å². The van der Waals surface area contributed by atoms with E-state index in [9.17, 15) is 4.79 Å². The van der Waals surface area contributed by atoms with Crippen molar-refractivity contribution in [3.63, 3.8) is 0 Å². The second kappa shape index (κ2) is 5.06. The van der Waals surface area contributed by atoms with Crippen LogP contribution < -0.4 is 0 Å². The van der Waals surface area contributed by atoms with Gasteiger partial charge in [-0.3, -0.25) is 0 Å². The van der Waals surface area contributed by atoms with E-state index < -0.39 is 5.97 Å². The lowest BCUT2D eigenvalue weighted by Gasteiger charge is -2.08. The SMILES string of the molecule is CSCc1cn(C(C)C)c2ccc(C(=O)O)cc12. The molecule has 1 aromatic carbocycles. The molecule has 1 heterocycles. The summed E-state index contributed by atoms with van der Waals surface area (Å²) in [5, 5.41) is 10.1. The van der Waals surface area contributed by atoms with Crippen LogP contribution in [0.25, 0.3) is 10.9 Å². The quantitative estimate of drug-likeness (QED) is 0.912. The van der Waals surface area contributed by atoms with Crippen LogP contribution in [0.2, 0.25) is 0 Å². The zero-order valence-electron chi connectivity index (χ0n) is 10.8. The molecule has 3 nitrogen and oxygen atoms in total. The average Bonchev–Trinajstić information content (AvgIpc) is 2.68. The van der Waals surface area contributed by atoms with Crippen LogP contribution in [-0.4, -0.2) is 21.9 Å². The number of carbonyl (C=O) groups is 1.